The average Bonchev–Trinajstić information content (AvgIpc) is 2.66. The molecule has 1 aromatic heterocycles. The Labute approximate surface area is 161 Å². The van der Waals surface area contributed by atoms with Crippen LogP contribution in [0.3, 0.4) is 0 Å². The summed E-state index contributed by atoms with van der Waals surface area (Å²) in [6.07, 6.45) is 4.89. The van der Waals surface area contributed by atoms with Crippen LogP contribution >= 0.6 is 0 Å². The number of amides is 1. The summed E-state index contributed by atoms with van der Waals surface area (Å²) in [5, 5.41) is 2.85. The molecule has 2 aromatic rings. The van der Waals surface area contributed by atoms with E-state index in [2.05, 4.69) is 24.1 Å². The molecule has 146 valence electrons. The van der Waals surface area contributed by atoms with Gasteiger partial charge in [-0.25, -0.2) is 12.7 Å². The first-order valence-electron chi connectivity index (χ1n) is 9.04. The summed E-state index contributed by atoms with van der Waals surface area (Å²) in [5.41, 5.74) is 1.48. The summed E-state index contributed by atoms with van der Waals surface area (Å²) < 4.78 is 26.7. The number of nitrogens with zero attached hydrogens (tertiary/aromatic N) is 2. The molecule has 6 nitrogen and oxygen atoms in total. The Hall–Kier alpha value is -2.25. The van der Waals surface area contributed by atoms with Gasteiger partial charge in [0.15, 0.2) is 0 Å². The van der Waals surface area contributed by atoms with E-state index in [1.54, 1.807) is 31.6 Å². The highest BCUT2D eigenvalue weighted by Gasteiger charge is 2.20. The number of carbonyl (C=O) groups is 1. The molecular formula is C20H27N3O3S. The van der Waals surface area contributed by atoms with E-state index in [1.165, 1.54) is 16.4 Å². The van der Waals surface area contributed by atoms with Gasteiger partial charge < -0.3 is 5.32 Å². The maximum absolute atomic E-state index is 12.7. The van der Waals surface area contributed by atoms with E-state index in [0.717, 1.165) is 12.0 Å². The maximum atomic E-state index is 12.7. The lowest BCUT2D eigenvalue weighted by Crippen LogP contribution is -2.29. The van der Waals surface area contributed by atoms with Crippen LogP contribution in [0.25, 0.3) is 0 Å². The van der Waals surface area contributed by atoms with Gasteiger partial charge in [0.25, 0.3) is 5.91 Å². The van der Waals surface area contributed by atoms with E-state index < -0.39 is 10.0 Å². The molecule has 7 heteroatoms. The van der Waals surface area contributed by atoms with Crippen LogP contribution in [0, 0.1) is 5.92 Å². The minimum Gasteiger partial charge on any atom is -0.352 e. The Morgan fingerprint density at radius 2 is 1.74 bits per heavy atom. The Morgan fingerprint density at radius 1 is 1.11 bits per heavy atom. The van der Waals surface area contributed by atoms with Crippen molar-refractivity contribution in [2.75, 3.05) is 20.1 Å². The Balaban J connectivity index is 1.98. The predicted molar refractivity (Wildman–Crippen MR) is 106 cm³/mol. The largest absolute Gasteiger partial charge is 0.352 e. The smallest absolute Gasteiger partial charge is 0.251 e. The summed E-state index contributed by atoms with van der Waals surface area (Å²) >= 11 is 0. The number of likely N-dealkylation sites (N-methyl/N-ethyl adjacent to an activating group) is 1. The lowest BCUT2D eigenvalue weighted by Gasteiger charge is -2.17. The molecule has 0 aliphatic rings. The summed E-state index contributed by atoms with van der Waals surface area (Å²) in [6, 6.07) is 9.80. The molecule has 2 rings (SSSR count). The molecule has 0 bridgehead atoms. The highest BCUT2D eigenvalue weighted by molar-refractivity contribution is 7.89. The Morgan fingerprint density at radius 3 is 2.33 bits per heavy atom. The number of rotatable bonds is 9. The van der Waals surface area contributed by atoms with Crippen LogP contribution in [-0.4, -0.2) is 43.8 Å². The van der Waals surface area contributed by atoms with E-state index in [0.29, 0.717) is 31.0 Å². The van der Waals surface area contributed by atoms with Crippen LogP contribution in [0.4, 0.5) is 0 Å². The molecule has 0 saturated heterocycles. The summed E-state index contributed by atoms with van der Waals surface area (Å²) in [5.74, 6) is 0.325. The van der Waals surface area contributed by atoms with Gasteiger partial charge in [0.1, 0.15) is 0 Å². The molecule has 27 heavy (non-hydrogen) atoms. The molecule has 1 aromatic carbocycles. The van der Waals surface area contributed by atoms with Crippen molar-refractivity contribution in [1.82, 2.24) is 14.6 Å². The molecular weight excluding hydrogens is 362 g/mol. The lowest BCUT2D eigenvalue weighted by atomic mass is 10.1. The van der Waals surface area contributed by atoms with E-state index in [1.807, 2.05) is 12.1 Å². The summed E-state index contributed by atoms with van der Waals surface area (Å²) in [7, 11) is -2.04. The van der Waals surface area contributed by atoms with Gasteiger partial charge in [-0.15, -0.1) is 0 Å². The highest BCUT2D eigenvalue weighted by Crippen LogP contribution is 2.16. The lowest BCUT2D eigenvalue weighted by molar-refractivity contribution is 0.0952. The Kier molecular flexibility index (Phi) is 7.50. The van der Waals surface area contributed by atoms with E-state index >= 15 is 0 Å². The predicted octanol–water partition coefficient (Wildman–Crippen LogP) is 2.72. The summed E-state index contributed by atoms with van der Waals surface area (Å²) in [6.45, 7) is 5.16. The standard InChI is InChI=1S/C20H27N3O3S/c1-16(2)8-14-22-20(24)18-4-6-19(7-5-18)27(25,26)23(3)15-11-17-9-12-21-13-10-17/h4-7,9-10,12-13,16H,8,11,14-15H2,1-3H3,(H,22,24). The topological polar surface area (TPSA) is 79.4 Å². The number of hydrogen-bond donors (Lipinski definition) is 1. The zero-order valence-corrected chi connectivity index (χ0v) is 16.9. The van der Waals surface area contributed by atoms with Crippen molar-refractivity contribution in [2.45, 2.75) is 31.6 Å². The van der Waals surface area contributed by atoms with Gasteiger partial charge >= 0.3 is 0 Å². The van der Waals surface area contributed by atoms with Crippen molar-refractivity contribution < 1.29 is 13.2 Å². The van der Waals surface area contributed by atoms with Crippen LogP contribution in [0.5, 0.6) is 0 Å². The van der Waals surface area contributed by atoms with Gasteiger partial charge in [0.05, 0.1) is 4.90 Å². The van der Waals surface area contributed by atoms with Crippen LogP contribution in [-0.2, 0) is 16.4 Å². The van der Waals surface area contributed by atoms with E-state index in [4.69, 9.17) is 0 Å². The molecule has 0 aliphatic carbocycles. The molecule has 0 saturated carbocycles. The van der Waals surface area contributed by atoms with Crippen molar-refractivity contribution in [1.29, 1.82) is 0 Å². The minimum atomic E-state index is -3.59. The molecule has 0 unspecified atom stereocenters. The monoisotopic (exact) mass is 389 g/mol. The second-order valence-corrected chi connectivity index (χ2v) is 8.94. The quantitative estimate of drug-likeness (QED) is 0.715. The van der Waals surface area contributed by atoms with Crippen molar-refractivity contribution in [2.24, 2.45) is 5.92 Å². The van der Waals surface area contributed by atoms with E-state index in [-0.39, 0.29) is 10.8 Å². The normalized spacial score (nSPS) is 11.7. The van der Waals surface area contributed by atoms with Gasteiger partial charge in [-0.2, -0.15) is 0 Å². The van der Waals surface area contributed by atoms with Gasteiger partial charge in [0, 0.05) is 38.1 Å². The van der Waals surface area contributed by atoms with Crippen LogP contribution in [0.15, 0.2) is 53.7 Å². The number of pyridine rings is 1. The molecule has 0 spiro atoms. The fourth-order valence-electron chi connectivity index (χ4n) is 2.49. The van der Waals surface area contributed by atoms with Crippen molar-refractivity contribution in [3.05, 3.63) is 59.9 Å². The number of hydrogen-bond acceptors (Lipinski definition) is 4. The molecule has 0 aliphatic heterocycles. The zero-order valence-electron chi connectivity index (χ0n) is 16.1. The number of sulfonamides is 1. The molecule has 1 heterocycles. The third kappa shape index (κ3) is 6.15. The van der Waals surface area contributed by atoms with Crippen molar-refractivity contribution >= 4 is 15.9 Å². The van der Waals surface area contributed by atoms with Crippen molar-refractivity contribution in [3.8, 4) is 0 Å². The minimum absolute atomic E-state index is 0.179. The zero-order chi connectivity index (χ0) is 19.9. The van der Waals surface area contributed by atoms with Crippen molar-refractivity contribution in [3.63, 3.8) is 0 Å². The number of carbonyl (C=O) groups excluding carboxylic acids is 1. The van der Waals surface area contributed by atoms with Crippen LogP contribution in [0.1, 0.15) is 36.2 Å². The van der Waals surface area contributed by atoms with Gasteiger partial charge in [-0.3, -0.25) is 9.78 Å². The highest BCUT2D eigenvalue weighted by atomic mass is 32.2. The maximum Gasteiger partial charge on any atom is 0.251 e. The molecule has 1 amide bonds. The fourth-order valence-corrected chi connectivity index (χ4v) is 3.66. The SMILES string of the molecule is CC(C)CCNC(=O)c1ccc(S(=O)(=O)N(C)CCc2ccncc2)cc1. The first-order chi connectivity index (χ1) is 12.8. The molecule has 0 fully saturated rings. The summed E-state index contributed by atoms with van der Waals surface area (Å²) in [4.78, 5) is 16.2. The van der Waals surface area contributed by atoms with Crippen LogP contribution in [0.2, 0.25) is 0 Å². The Bertz CT molecular complexity index is 835. The average molecular weight is 390 g/mol. The molecule has 0 radical (unpaired) electrons. The number of nitrogens with one attached hydrogen (secondary N) is 1. The molecule has 0 atom stereocenters. The number of aromatic nitrogens is 1. The third-order valence-electron chi connectivity index (χ3n) is 4.30. The van der Waals surface area contributed by atoms with Gasteiger partial charge in [-0.1, -0.05) is 13.8 Å². The first-order valence-corrected chi connectivity index (χ1v) is 10.5. The van der Waals surface area contributed by atoms with Gasteiger partial charge in [0.2, 0.25) is 10.0 Å². The number of benzene rings is 1. The van der Waals surface area contributed by atoms with E-state index in [9.17, 15) is 13.2 Å². The van der Waals surface area contributed by atoms with Gasteiger partial charge in [-0.05, 0) is 60.7 Å². The molecule has 1 N–H and O–H groups in total. The fraction of sp³-hybridized carbons (Fsp3) is 0.400. The second kappa shape index (κ2) is 9.62. The third-order valence-corrected chi connectivity index (χ3v) is 6.17. The van der Waals surface area contributed by atoms with Crippen LogP contribution < -0.4 is 5.32 Å². The first kappa shape index (κ1) is 21.1. The second-order valence-electron chi connectivity index (χ2n) is 6.89.